The van der Waals surface area contributed by atoms with Crippen LogP contribution in [0.5, 0.6) is 0 Å². The van der Waals surface area contributed by atoms with Crippen LogP contribution in [0.1, 0.15) is 0 Å². The van der Waals surface area contributed by atoms with Crippen LogP contribution in [0.25, 0.3) is 0 Å². The third-order valence-corrected chi connectivity index (χ3v) is 10.7. The van der Waals surface area contributed by atoms with Crippen molar-refractivity contribution in [2.45, 2.75) is 23.2 Å². The molecule has 0 saturated heterocycles. The van der Waals surface area contributed by atoms with Gasteiger partial charge in [-0.05, 0) is 21.2 Å². The van der Waals surface area contributed by atoms with Gasteiger partial charge in [0.15, 0.2) is 0 Å². The Hall–Kier alpha value is -2.82. The van der Waals surface area contributed by atoms with E-state index in [4.69, 9.17) is 0 Å². The Bertz CT molecular complexity index is 1130. The highest BCUT2D eigenvalue weighted by atomic mass is 31.1. The minimum Gasteiger partial charge on any atom is -0.194 e. The van der Waals surface area contributed by atoms with Crippen molar-refractivity contribution in [1.82, 2.24) is 0 Å². The Morgan fingerprint density at radius 2 is 0.500 bits per heavy atom. The van der Waals surface area contributed by atoms with Gasteiger partial charge in [0, 0.05) is 15.8 Å². The Morgan fingerprint density at radius 1 is 0.316 bits per heavy atom. The van der Waals surface area contributed by atoms with Gasteiger partial charge in [0.2, 0.25) is 0 Å². The molecule has 4 aromatic rings. The topological polar surface area (TPSA) is 0 Å². The highest BCUT2D eigenvalue weighted by Crippen LogP contribution is 2.68. The van der Waals surface area contributed by atoms with Gasteiger partial charge in [0.05, 0.1) is 0 Å². The highest BCUT2D eigenvalue weighted by molar-refractivity contribution is 7.74. The van der Waals surface area contributed by atoms with Crippen molar-refractivity contribution >= 4 is 37.1 Å². The summed E-state index contributed by atoms with van der Waals surface area (Å²) in [5.41, 5.74) is -11.1. The van der Waals surface area contributed by atoms with E-state index in [1.807, 2.05) is 0 Å². The van der Waals surface area contributed by atoms with Crippen molar-refractivity contribution in [2.75, 3.05) is 0 Å². The lowest BCUT2D eigenvalue weighted by Crippen LogP contribution is -2.62. The maximum absolute atomic E-state index is 15.8. The Balaban J connectivity index is 1.87. The van der Waals surface area contributed by atoms with Crippen LogP contribution >= 0.6 is 15.8 Å². The summed E-state index contributed by atoms with van der Waals surface area (Å²) in [6.45, 7) is 0. The molecule has 10 heteroatoms. The fraction of sp³-hybridized carbons (Fsp3) is 0.143. The van der Waals surface area contributed by atoms with E-state index in [9.17, 15) is 0 Å². The normalized spacial score (nSPS) is 13.2. The van der Waals surface area contributed by atoms with E-state index in [0.29, 0.717) is 0 Å². The van der Waals surface area contributed by atoms with Crippen LogP contribution in [0.2, 0.25) is 0 Å². The van der Waals surface area contributed by atoms with Crippen LogP contribution in [0.15, 0.2) is 121 Å². The van der Waals surface area contributed by atoms with E-state index >= 15 is 35.1 Å². The minimum absolute atomic E-state index is 0.356. The monoisotopic (exact) mass is 570 g/mol. The first-order valence-electron chi connectivity index (χ1n) is 11.2. The highest BCUT2D eigenvalue weighted by Gasteiger charge is 2.83. The van der Waals surface area contributed by atoms with Crippen molar-refractivity contribution in [2.24, 2.45) is 0 Å². The van der Waals surface area contributed by atoms with Gasteiger partial charge in [-0.2, -0.15) is 35.1 Å². The molecule has 38 heavy (non-hydrogen) atoms. The zero-order valence-electron chi connectivity index (χ0n) is 19.5. The summed E-state index contributed by atoms with van der Waals surface area (Å²) in [6.07, 6.45) is 0. The van der Waals surface area contributed by atoms with E-state index in [1.165, 1.54) is 72.8 Å². The Morgan fingerprint density at radius 3 is 0.684 bits per heavy atom. The maximum atomic E-state index is 15.8. The summed E-state index contributed by atoms with van der Waals surface area (Å²) in [5.74, 6) is -12.9. The molecule has 0 aliphatic heterocycles. The first kappa shape index (κ1) is 28.2. The summed E-state index contributed by atoms with van der Waals surface area (Å²) >= 11 is 0. The van der Waals surface area contributed by atoms with Crippen LogP contribution in [0, 0.1) is 0 Å². The van der Waals surface area contributed by atoms with E-state index in [-0.39, 0.29) is 21.2 Å². The van der Waals surface area contributed by atoms with Gasteiger partial charge in [-0.1, -0.05) is 121 Å². The van der Waals surface area contributed by atoms with Crippen molar-refractivity contribution in [3.8, 4) is 0 Å². The lowest BCUT2D eigenvalue weighted by atomic mass is 10.2. The molecule has 0 saturated carbocycles. The second kappa shape index (κ2) is 10.7. The van der Waals surface area contributed by atoms with Crippen molar-refractivity contribution in [3.63, 3.8) is 0 Å². The Labute approximate surface area is 216 Å². The average molecular weight is 570 g/mol. The first-order valence-corrected chi connectivity index (χ1v) is 13.9. The zero-order chi connectivity index (χ0) is 27.6. The number of halogens is 8. The van der Waals surface area contributed by atoms with Crippen molar-refractivity contribution in [1.29, 1.82) is 0 Å². The van der Waals surface area contributed by atoms with Gasteiger partial charge in [0.25, 0.3) is 0 Å². The van der Waals surface area contributed by atoms with Gasteiger partial charge in [-0.25, -0.2) is 0 Å². The zero-order valence-corrected chi connectivity index (χ0v) is 21.3. The van der Waals surface area contributed by atoms with E-state index in [2.05, 4.69) is 0 Å². The second-order valence-corrected chi connectivity index (χ2v) is 12.8. The molecule has 198 valence electrons. The molecule has 0 aliphatic carbocycles. The van der Waals surface area contributed by atoms with E-state index in [0.717, 1.165) is 48.5 Å². The lowest BCUT2D eigenvalue weighted by molar-refractivity contribution is -0.324. The smallest absolute Gasteiger partial charge is 0.194 e. The molecule has 0 nitrogen and oxygen atoms in total. The van der Waals surface area contributed by atoms with Crippen LogP contribution in [-0.2, 0) is 0 Å². The summed E-state index contributed by atoms with van der Waals surface area (Å²) in [5, 5.41) is -1.42. The van der Waals surface area contributed by atoms with Gasteiger partial charge in [-0.15, -0.1) is 0 Å². The van der Waals surface area contributed by atoms with Gasteiger partial charge < -0.3 is 0 Å². The first-order chi connectivity index (χ1) is 17.9. The summed E-state index contributed by atoms with van der Waals surface area (Å²) < 4.78 is 125. The van der Waals surface area contributed by atoms with Crippen LogP contribution in [0.3, 0.4) is 0 Å². The molecule has 0 unspecified atom stereocenters. The van der Waals surface area contributed by atoms with E-state index < -0.39 is 39.0 Å². The van der Waals surface area contributed by atoms with Crippen molar-refractivity contribution in [3.05, 3.63) is 121 Å². The molecular weight excluding hydrogens is 550 g/mol. The third kappa shape index (κ3) is 4.85. The molecule has 0 radical (unpaired) electrons. The molecule has 0 atom stereocenters. The molecule has 0 aromatic heterocycles. The largest absolute Gasteiger partial charge is 0.383 e. The molecular formula is C28H20F8P2. The molecule has 0 N–H and O–H groups in total. The summed E-state index contributed by atoms with van der Waals surface area (Å²) in [4.78, 5) is 0. The quantitative estimate of drug-likeness (QED) is 0.143. The van der Waals surface area contributed by atoms with Gasteiger partial charge in [0.1, 0.15) is 0 Å². The van der Waals surface area contributed by atoms with Gasteiger partial charge >= 0.3 is 23.2 Å². The predicted molar refractivity (Wildman–Crippen MR) is 138 cm³/mol. The molecule has 4 aromatic carbocycles. The number of hydrogen-bond acceptors (Lipinski definition) is 0. The standard InChI is InChI=1S/C28H20F8P2/c29-25(30,27(33,34)37(21-13-5-1-6-14-21)22-15-7-2-8-16-22)26(31,32)28(35,36)38(23-17-9-3-10-18-23)24-19-11-4-12-20-24/h1-20H. The van der Waals surface area contributed by atoms with Crippen LogP contribution < -0.4 is 21.2 Å². The molecule has 0 fully saturated rings. The molecule has 0 heterocycles. The fourth-order valence-electron chi connectivity index (χ4n) is 3.91. The SMILES string of the molecule is FC(F)(P(c1ccccc1)c1ccccc1)C(F)(F)C(F)(F)C(F)(F)P(c1ccccc1)c1ccccc1. The molecule has 0 aliphatic rings. The molecule has 0 spiro atoms. The molecule has 0 bridgehead atoms. The number of alkyl halides is 8. The number of rotatable bonds is 9. The van der Waals surface area contributed by atoms with Crippen molar-refractivity contribution < 1.29 is 35.1 Å². The predicted octanol–water partition coefficient (Wildman–Crippen LogP) is 7.71. The lowest BCUT2D eigenvalue weighted by Gasteiger charge is -2.42. The third-order valence-electron chi connectivity index (χ3n) is 5.77. The maximum Gasteiger partial charge on any atom is 0.383 e. The number of benzene rings is 4. The number of hydrogen-bond donors (Lipinski definition) is 0. The molecule has 4 rings (SSSR count). The summed E-state index contributed by atoms with van der Waals surface area (Å²) in [7, 11) is -7.02. The fourth-order valence-corrected chi connectivity index (χ4v) is 8.53. The van der Waals surface area contributed by atoms with E-state index in [1.54, 1.807) is 0 Å². The summed E-state index contributed by atoms with van der Waals surface area (Å²) in [6, 6.07) is 24.9. The van der Waals surface area contributed by atoms with Crippen LogP contribution in [0.4, 0.5) is 35.1 Å². The van der Waals surface area contributed by atoms with Gasteiger partial charge in [-0.3, -0.25) is 0 Å². The average Bonchev–Trinajstić information content (AvgIpc) is 2.91. The van der Waals surface area contributed by atoms with Crippen LogP contribution in [-0.4, -0.2) is 23.2 Å². The molecule has 0 amide bonds. The Kier molecular flexibility index (Phi) is 7.97. The second-order valence-electron chi connectivity index (χ2n) is 8.24. The minimum atomic E-state index is -6.43.